The largest absolute Gasteiger partial charge is 0.498 e. The molecular weight excluding hydrogens is 236 g/mol. The topological polar surface area (TPSA) is 25.9 Å². The highest BCUT2D eigenvalue weighted by Gasteiger charge is 2.26. The van der Waals surface area contributed by atoms with Crippen LogP contribution in [0.3, 0.4) is 0 Å². The van der Waals surface area contributed by atoms with Gasteiger partial charge in [0.1, 0.15) is 12.1 Å². The zero-order valence-corrected chi connectivity index (χ0v) is 11.8. The van der Waals surface area contributed by atoms with Gasteiger partial charge >= 0.3 is 5.69 Å². The molecule has 0 saturated heterocycles. The molecule has 2 fully saturated rings. The SMILES string of the molecule is O=c1n(C2CCCCC2)ccc[n+]1C1CCCCC1. The van der Waals surface area contributed by atoms with E-state index in [0.29, 0.717) is 12.1 Å². The standard InChI is InChI=1S/C16H25N2O/c19-16-17(14-8-3-1-4-9-14)12-7-13-18(16)15-10-5-2-6-11-15/h7,12-15H,1-6,8-11H2/q+1. The van der Waals surface area contributed by atoms with Crippen molar-refractivity contribution in [1.82, 2.24) is 4.57 Å². The van der Waals surface area contributed by atoms with E-state index < -0.39 is 0 Å². The lowest BCUT2D eigenvalue weighted by atomic mass is 9.94. The molecule has 0 atom stereocenters. The smallest absolute Gasteiger partial charge is 0.197 e. The summed E-state index contributed by atoms with van der Waals surface area (Å²) in [5.74, 6) is 0. The van der Waals surface area contributed by atoms with Gasteiger partial charge in [-0.3, -0.25) is 0 Å². The predicted molar refractivity (Wildman–Crippen MR) is 75.1 cm³/mol. The molecule has 2 aliphatic carbocycles. The molecule has 1 heterocycles. The Hall–Kier alpha value is -1.12. The molecule has 0 bridgehead atoms. The summed E-state index contributed by atoms with van der Waals surface area (Å²) < 4.78 is 4.02. The summed E-state index contributed by atoms with van der Waals surface area (Å²) in [6, 6.07) is 2.94. The minimum atomic E-state index is 0.223. The Morgan fingerprint density at radius 1 is 0.947 bits per heavy atom. The van der Waals surface area contributed by atoms with Gasteiger partial charge in [0.05, 0.1) is 12.4 Å². The molecule has 3 heteroatoms. The minimum Gasteiger partial charge on any atom is -0.197 e. The van der Waals surface area contributed by atoms with Gasteiger partial charge in [-0.15, -0.1) is 0 Å². The van der Waals surface area contributed by atoms with Gasteiger partial charge in [-0.1, -0.05) is 12.8 Å². The molecule has 0 radical (unpaired) electrons. The normalized spacial score (nSPS) is 22.5. The van der Waals surface area contributed by atoms with Gasteiger partial charge in [-0.25, -0.2) is 0 Å². The van der Waals surface area contributed by atoms with E-state index in [1.807, 2.05) is 21.5 Å². The van der Waals surface area contributed by atoms with Crippen LogP contribution in [0.5, 0.6) is 0 Å². The van der Waals surface area contributed by atoms with Gasteiger partial charge in [0.15, 0.2) is 0 Å². The van der Waals surface area contributed by atoms with Gasteiger partial charge in [0.2, 0.25) is 0 Å². The average molecular weight is 261 g/mol. The Bertz CT molecular complexity index is 429. The Balaban J connectivity index is 1.87. The van der Waals surface area contributed by atoms with Crippen LogP contribution in [-0.2, 0) is 0 Å². The summed E-state index contributed by atoms with van der Waals surface area (Å²) in [6.07, 6.45) is 16.5. The fourth-order valence-corrected chi connectivity index (χ4v) is 3.76. The third kappa shape index (κ3) is 2.75. The van der Waals surface area contributed by atoms with Crippen molar-refractivity contribution in [2.75, 3.05) is 0 Å². The summed E-state index contributed by atoms with van der Waals surface area (Å²) in [6.45, 7) is 0. The lowest BCUT2D eigenvalue weighted by molar-refractivity contribution is -0.743. The molecule has 1 aromatic heterocycles. The average Bonchev–Trinajstić information content (AvgIpc) is 2.49. The summed E-state index contributed by atoms with van der Waals surface area (Å²) in [5, 5.41) is 0. The highest BCUT2D eigenvalue weighted by molar-refractivity contribution is 4.82. The first-order valence-electron chi connectivity index (χ1n) is 7.98. The molecule has 0 aliphatic heterocycles. The van der Waals surface area contributed by atoms with E-state index in [0.717, 1.165) is 0 Å². The summed E-state index contributed by atoms with van der Waals surface area (Å²) >= 11 is 0. The monoisotopic (exact) mass is 261 g/mol. The first kappa shape index (κ1) is 12.9. The number of aromatic nitrogens is 2. The number of hydrogen-bond acceptors (Lipinski definition) is 1. The van der Waals surface area contributed by atoms with Crippen molar-refractivity contribution in [2.24, 2.45) is 0 Å². The van der Waals surface area contributed by atoms with Crippen LogP contribution in [0.15, 0.2) is 23.3 Å². The predicted octanol–water partition coefficient (Wildman–Crippen LogP) is 3.15. The Morgan fingerprint density at radius 3 is 2.26 bits per heavy atom. The molecule has 3 nitrogen and oxygen atoms in total. The fraction of sp³-hybridized carbons (Fsp3) is 0.750. The van der Waals surface area contributed by atoms with Gasteiger partial charge in [-0.2, -0.15) is 13.9 Å². The first-order chi connectivity index (χ1) is 9.36. The van der Waals surface area contributed by atoms with Crippen molar-refractivity contribution in [3.63, 3.8) is 0 Å². The van der Waals surface area contributed by atoms with E-state index in [-0.39, 0.29) is 5.69 Å². The van der Waals surface area contributed by atoms with Crippen LogP contribution in [0.2, 0.25) is 0 Å². The van der Waals surface area contributed by atoms with Crippen LogP contribution in [0.4, 0.5) is 0 Å². The summed E-state index contributed by atoms with van der Waals surface area (Å²) in [7, 11) is 0. The van der Waals surface area contributed by atoms with E-state index in [1.54, 1.807) is 0 Å². The highest BCUT2D eigenvalue weighted by Crippen LogP contribution is 2.27. The lowest BCUT2D eigenvalue weighted by Gasteiger charge is -2.22. The van der Waals surface area contributed by atoms with E-state index in [9.17, 15) is 4.79 Å². The Labute approximate surface area is 115 Å². The molecular formula is C16H25N2O+. The van der Waals surface area contributed by atoms with E-state index in [4.69, 9.17) is 0 Å². The molecule has 19 heavy (non-hydrogen) atoms. The lowest BCUT2D eigenvalue weighted by Crippen LogP contribution is -2.57. The van der Waals surface area contributed by atoms with Crippen molar-refractivity contribution in [3.8, 4) is 0 Å². The Morgan fingerprint density at radius 2 is 1.58 bits per heavy atom. The van der Waals surface area contributed by atoms with Crippen molar-refractivity contribution in [2.45, 2.75) is 76.3 Å². The van der Waals surface area contributed by atoms with Gasteiger partial charge in [-0.05, 0) is 51.4 Å². The molecule has 0 aromatic carbocycles. The van der Waals surface area contributed by atoms with Gasteiger partial charge in [0.25, 0.3) is 0 Å². The van der Waals surface area contributed by atoms with Crippen LogP contribution in [0.25, 0.3) is 0 Å². The van der Waals surface area contributed by atoms with E-state index in [2.05, 4.69) is 6.07 Å². The highest BCUT2D eigenvalue weighted by atomic mass is 16.1. The van der Waals surface area contributed by atoms with Crippen LogP contribution in [0, 0.1) is 0 Å². The molecule has 1 aromatic rings. The molecule has 0 spiro atoms. The maximum atomic E-state index is 12.7. The van der Waals surface area contributed by atoms with Crippen molar-refractivity contribution < 1.29 is 4.57 Å². The van der Waals surface area contributed by atoms with Crippen molar-refractivity contribution >= 4 is 0 Å². The molecule has 104 valence electrons. The van der Waals surface area contributed by atoms with Crippen LogP contribution >= 0.6 is 0 Å². The third-order valence-corrected chi connectivity index (χ3v) is 4.87. The van der Waals surface area contributed by atoms with E-state index >= 15 is 0 Å². The van der Waals surface area contributed by atoms with Crippen LogP contribution < -0.4 is 10.3 Å². The molecule has 0 amide bonds. The van der Waals surface area contributed by atoms with Gasteiger partial charge in [0, 0.05) is 6.07 Å². The summed E-state index contributed by atoms with van der Waals surface area (Å²) in [5.41, 5.74) is 0.223. The minimum absolute atomic E-state index is 0.223. The Kier molecular flexibility index (Phi) is 4.00. The van der Waals surface area contributed by atoms with Crippen molar-refractivity contribution in [3.05, 3.63) is 28.9 Å². The van der Waals surface area contributed by atoms with Crippen LogP contribution in [0.1, 0.15) is 76.3 Å². The number of rotatable bonds is 2. The maximum Gasteiger partial charge on any atom is 0.498 e. The summed E-state index contributed by atoms with van der Waals surface area (Å²) in [4.78, 5) is 12.7. The van der Waals surface area contributed by atoms with Crippen LogP contribution in [-0.4, -0.2) is 4.57 Å². The third-order valence-electron chi connectivity index (χ3n) is 4.87. The first-order valence-corrected chi connectivity index (χ1v) is 7.98. The second-order valence-corrected chi connectivity index (χ2v) is 6.17. The molecule has 2 saturated carbocycles. The molecule has 2 aliphatic rings. The molecule has 0 unspecified atom stereocenters. The zero-order valence-electron chi connectivity index (χ0n) is 11.8. The second kappa shape index (κ2) is 5.89. The maximum absolute atomic E-state index is 12.7. The molecule has 3 rings (SSSR count). The molecule has 0 N–H and O–H groups in total. The van der Waals surface area contributed by atoms with Crippen molar-refractivity contribution in [1.29, 1.82) is 0 Å². The quantitative estimate of drug-likeness (QED) is 0.751. The number of nitrogens with zero attached hydrogens (tertiary/aromatic N) is 2. The number of hydrogen-bond donors (Lipinski definition) is 0. The fourth-order valence-electron chi connectivity index (χ4n) is 3.76. The zero-order chi connectivity index (χ0) is 13.1. The van der Waals surface area contributed by atoms with Gasteiger partial charge < -0.3 is 0 Å². The van der Waals surface area contributed by atoms with E-state index in [1.165, 1.54) is 64.2 Å². The second-order valence-electron chi connectivity index (χ2n) is 6.17.